The van der Waals surface area contributed by atoms with E-state index in [9.17, 15) is 18.0 Å². The number of halogens is 3. The van der Waals surface area contributed by atoms with E-state index in [-0.39, 0.29) is 18.2 Å². The molecule has 1 heterocycles. The van der Waals surface area contributed by atoms with Crippen LogP contribution in [0.25, 0.3) is 0 Å². The van der Waals surface area contributed by atoms with E-state index >= 15 is 0 Å². The van der Waals surface area contributed by atoms with Crippen LogP contribution in [0.5, 0.6) is 5.75 Å². The van der Waals surface area contributed by atoms with Gasteiger partial charge in [-0.2, -0.15) is 0 Å². The van der Waals surface area contributed by atoms with E-state index in [4.69, 9.17) is 4.74 Å². The molecule has 3 aromatic rings. The minimum Gasteiger partial charge on any atom is -0.485 e. The standard InChI is InChI=1S/C19H13F3N2O2/c20-14-9-8-13(16(21)17(14)22)19(25)24-18-15(7-4-10-23-18)26-11-12-5-2-1-3-6-12/h1-10H,11H2,(H,23,24,25). The number of ether oxygens (including phenoxy) is 1. The Hall–Kier alpha value is -3.35. The molecule has 0 saturated heterocycles. The Kier molecular flexibility index (Phi) is 5.17. The van der Waals surface area contributed by atoms with E-state index in [1.807, 2.05) is 30.3 Å². The average molecular weight is 358 g/mol. The number of benzene rings is 2. The minimum atomic E-state index is -1.71. The molecule has 132 valence electrons. The maximum atomic E-state index is 13.8. The highest BCUT2D eigenvalue weighted by molar-refractivity contribution is 6.04. The zero-order valence-electron chi connectivity index (χ0n) is 13.4. The van der Waals surface area contributed by atoms with E-state index in [1.54, 1.807) is 12.1 Å². The molecule has 0 spiro atoms. The van der Waals surface area contributed by atoms with Crippen LogP contribution >= 0.6 is 0 Å². The number of nitrogens with one attached hydrogen (secondary N) is 1. The van der Waals surface area contributed by atoms with Crippen LogP contribution in [0.4, 0.5) is 19.0 Å². The number of hydrogen-bond acceptors (Lipinski definition) is 3. The van der Waals surface area contributed by atoms with Gasteiger partial charge in [-0.3, -0.25) is 4.79 Å². The van der Waals surface area contributed by atoms with Crippen LogP contribution < -0.4 is 10.1 Å². The van der Waals surface area contributed by atoms with Crippen molar-refractivity contribution >= 4 is 11.7 Å². The molecule has 3 rings (SSSR count). The van der Waals surface area contributed by atoms with Gasteiger partial charge < -0.3 is 10.1 Å². The van der Waals surface area contributed by atoms with E-state index in [1.165, 1.54) is 6.20 Å². The van der Waals surface area contributed by atoms with Crippen LogP contribution in [0, 0.1) is 17.5 Å². The van der Waals surface area contributed by atoms with Crippen molar-refractivity contribution in [2.75, 3.05) is 5.32 Å². The third-order valence-electron chi connectivity index (χ3n) is 3.52. The third kappa shape index (κ3) is 3.83. The van der Waals surface area contributed by atoms with Crippen LogP contribution in [0.3, 0.4) is 0 Å². The van der Waals surface area contributed by atoms with Crippen LogP contribution in [-0.2, 0) is 6.61 Å². The van der Waals surface area contributed by atoms with Gasteiger partial charge in [0, 0.05) is 6.20 Å². The summed E-state index contributed by atoms with van der Waals surface area (Å²) in [6, 6.07) is 14.0. The number of anilines is 1. The molecule has 4 nitrogen and oxygen atoms in total. The molecule has 0 atom stereocenters. The number of nitrogens with zero attached hydrogens (tertiary/aromatic N) is 1. The van der Waals surface area contributed by atoms with Crippen molar-refractivity contribution in [3.05, 3.63) is 89.4 Å². The smallest absolute Gasteiger partial charge is 0.260 e. The first kappa shape index (κ1) is 17.5. The van der Waals surface area contributed by atoms with Gasteiger partial charge >= 0.3 is 0 Å². The lowest BCUT2D eigenvalue weighted by Gasteiger charge is -2.12. The fraction of sp³-hybridized carbons (Fsp3) is 0.0526. The second kappa shape index (κ2) is 7.69. The lowest BCUT2D eigenvalue weighted by Crippen LogP contribution is -2.16. The molecule has 2 aromatic carbocycles. The summed E-state index contributed by atoms with van der Waals surface area (Å²) >= 11 is 0. The molecule has 0 radical (unpaired) electrons. The molecule has 0 aliphatic heterocycles. The molecular formula is C19H13F3N2O2. The highest BCUT2D eigenvalue weighted by Gasteiger charge is 2.20. The molecule has 0 aliphatic carbocycles. The summed E-state index contributed by atoms with van der Waals surface area (Å²) in [7, 11) is 0. The SMILES string of the molecule is O=C(Nc1ncccc1OCc1ccccc1)c1ccc(F)c(F)c1F. The van der Waals surface area contributed by atoms with Crippen molar-refractivity contribution < 1.29 is 22.7 Å². The van der Waals surface area contributed by atoms with Gasteiger partial charge in [0.2, 0.25) is 0 Å². The Labute approximate surface area is 147 Å². The van der Waals surface area contributed by atoms with Gasteiger partial charge in [0.1, 0.15) is 6.61 Å². The predicted octanol–water partition coefficient (Wildman–Crippen LogP) is 4.33. The summed E-state index contributed by atoms with van der Waals surface area (Å²) in [6.45, 7) is 0.231. The quantitative estimate of drug-likeness (QED) is 0.691. The lowest BCUT2D eigenvalue weighted by atomic mass is 10.2. The molecule has 0 aliphatic rings. The van der Waals surface area contributed by atoms with E-state index in [0.717, 1.165) is 11.6 Å². The monoisotopic (exact) mass is 358 g/mol. The Bertz CT molecular complexity index is 933. The second-order valence-electron chi connectivity index (χ2n) is 5.30. The highest BCUT2D eigenvalue weighted by atomic mass is 19.2. The second-order valence-corrected chi connectivity index (χ2v) is 5.30. The number of carbonyl (C=O) groups is 1. The number of amides is 1. The summed E-state index contributed by atoms with van der Waals surface area (Å²) in [4.78, 5) is 16.2. The summed E-state index contributed by atoms with van der Waals surface area (Å²) in [5.41, 5.74) is 0.267. The number of rotatable bonds is 5. The number of hydrogen-bond donors (Lipinski definition) is 1. The van der Waals surface area contributed by atoms with Gasteiger partial charge in [-0.1, -0.05) is 30.3 Å². The maximum absolute atomic E-state index is 13.8. The van der Waals surface area contributed by atoms with Gasteiger partial charge in [0.05, 0.1) is 5.56 Å². The summed E-state index contributed by atoms with van der Waals surface area (Å²) in [5.74, 6) is -5.32. The first-order valence-electron chi connectivity index (χ1n) is 7.63. The Morgan fingerprint density at radius 3 is 2.50 bits per heavy atom. The number of pyridine rings is 1. The number of carbonyl (C=O) groups excluding carboxylic acids is 1. The van der Waals surface area contributed by atoms with Crippen molar-refractivity contribution in [2.24, 2.45) is 0 Å². The number of aromatic nitrogens is 1. The van der Waals surface area contributed by atoms with Crippen molar-refractivity contribution in [1.82, 2.24) is 4.98 Å². The van der Waals surface area contributed by atoms with Gasteiger partial charge in [0.25, 0.3) is 5.91 Å². The molecule has 0 saturated carbocycles. The summed E-state index contributed by atoms with van der Waals surface area (Å²) < 4.78 is 45.7. The van der Waals surface area contributed by atoms with Gasteiger partial charge in [-0.15, -0.1) is 0 Å². The van der Waals surface area contributed by atoms with Crippen molar-refractivity contribution in [1.29, 1.82) is 0 Å². The first-order valence-corrected chi connectivity index (χ1v) is 7.63. The molecule has 7 heteroatoms. The van der Waals surface area contributed by atoms with Gasteiger partial charge in [0.15, 0.2) is 29.0 Å². The minimum absolute atomic E-state index is 0.0394. The van der Waals surface area contributed by atoms with Crippen molar-refractivity contribution in [2.45, 2.75) is 6.61 Å². The highest BCUT2D eigenvalue weighted by Crippen LogP contribution is 2.24. The summed E-state index contributed by atoms with van der Waals surface area (Å²) in [6.07, 6.45) is 1.41. The topological polar surface area (TPSA) is 51.2 Å². The Morgan fingerprint density at radius 1 is 0.962 bits per heavy atom. The average Bonchev–Trinajstić information content (AvgIpc) is 2.66. The molecule has 1 aromatic heterocycles. The first-order chi connectivity index (χ1) is 12.6. The largest absolute Gasteiger partial charge is 0.485 e. The Balaban J connectivity index is 1.78. The zero-order chi connectivity index (χ0) is 18.5. The van der Waals surface area contributed by atoms with Crippen LogP contribution in [0.15, 0.2) is 60.8 Å². The molecule has 1 N–H and O–H groups in total. The van der Waals surface area contributed by atoms with Crippen LogP contribution in [0.2, 0.25) is 0 Å². The molecule has 1 amide bonds. The maximum Gasteiger partial charge on any atom is 0.260 e. The third-order valence-corrected chi connectivity index (χ3v) is 3.52. The molecule has 0 bridgehead atoms. The van der Waals surface area contributed by atoms with Gasteiger partial charge in [-0.05, 0) is 29.8 Å². The lowest BCUT2D eigenvalue weighted by molar-refractivity contribution is 0.102. The van der Waals surface area contributed by atoms with E-state index in [2.05, 4.69) is 10.3 Å². The Morgan fingerprint density at radius 2 is 1.73 bits per heavy atom. The normalized spacial score (nSPS) is 10.4. The van der Waals surface area contributed by atoms with Crippen LogP contribution in [0.1, 0.15) is 15.9 Å². The molecule has 26 heavy (non-hydrogen) atoms. The predicted molar refractivity (Wildman–Crippen MR) is 89.3 cm³/mol. The van der Waals surface area contributed by atoms with Crippen molar-refractivity contribution in [3.8, 4) is 5.75 Å². The summed E-state index contributed by atoms with van der Waals surface area (Å²) in [5, 5.41) is 2.35. The van der Waals surface area contributed by atoms with Crippen molar-refractivity contribution in [3.63, 3.8) is 0 Å². The fourth-order valence-corrected chi connectivity index (χ4v) is 2.21. The van der Waals surface area contributed by atoms with E-state index in [0.29, 0.717) is 6.07 Å². The zero-order valence-corrected chi connectivity index (χ0v) is 13.4. The van der Waals surface area contributed by atoms with Gasteiger partial charge in [-0.25, -0.2) is 18.2 Å². The van der Waals surface area contributed by atoms with Crippen LogP contribution in [-0.4, -0.2) is 10.9 Å². The fourth-order valence-electron chi connectivity index (χ4n) is 2.21. The molecule has 0 unspecified atom stereocenters. The molecule has 0 fully saturated rings. The van der Waals surface area contributed by atoms with E-state index < -0.39 is 28.9 Å². The molecular weight excluding hydrogens is 345 g/mol.